The molecule has 0 bridgehead atoms. The van der Waals surface area contributed by atoms with Crippen LogP contribution < -0.4 is 10.1 Å². The summed E-state index contributed by atoms with van der Waals surface area (Å²) >= 11 is 0. The van der Waals surface area contributed by atoms with Crippen molar-refractivity contribution in [2.45, 2.75) is 6.42 Å². The van der Waals surface area contributed by atoms with E-state index < -0.39 is 0 Å². The zero-order valence-electron chi connectivity index (χ0n) is 14.8. The van der Waals surface area contributed by atoms with Crippen LogP contribution in [0.4, 0.5) is 5.69 Å². The van der Waals surface area contributed by atoms with Crippen LogP contribution in [-0.2, 0) is 18.3 Å². The second kappa shape index (κ2) is 8.16. The van der Waals surface area contributed by atoms with E-state index in [9.17, 15) is 4.79 Å². The zero-order valence-corrected chi connectivity index (χ0v) is 14.8. The zero-order chi connectivity index (χ0) is 18.4. The quantitative estimate of drug-likeness (QED) is 0.692. The summed E-state index contributed by atoms with van der Waals surface area (Å²) in [5.74, 6) is 0.613. The number of methoxy groups -OCH3 is 1. The predicted octanol–water partition coefficient (Wildman–Crippen LogP) is 3.67. The van der Waals surface area contributed by atoms with Crippen molar-refractivity contribution in [3.8, 4) is 5.75 Å². The van der Waals surface area contributed by atoms with E-state index in [0.29, 0.717) is 0 Å². The van der Waals surface area contributed by atoms with Gasteiger partial charge in [0.2, 0.25) is 5.91 Å². The molecule has 2 aromatic carbocycles. The monoisotopic (exact) mass is 347 g/mol. The van der Waals surface area contributed by atoms with Crippen LogP contribution in [0.2, 0.25) is 0 Å². The topological polar surface area (TPSA) is 56.1 Å². The van der Waals surface area contributed by atoms with Crippen LogP contribution in [-0.4, -0.2) is 22.8 Å². The Morgan fingerprint density at radius 2 is 2.04 bits per heavy atom. The van der Waals surface area contributed by atoms with Gasteiger partial charge in [0, 0.05) is 42.6 Å². The van der Waals surface area contributed by atoms with Crippen LogP contribution in [0.3, 0.4) is 0 Å². The van der Waals surface area contributed by atoms with Gasteiger partial charge in [0.1, 0.15) is 5.75 Å². The van der Waals surface area contributed by atoms with Crippen molar-refractivity contribution in [3.05, 3.63) is 83.7 Å². The smallest absolute Gasteiger partial charge is 0.248 e. The van der Waals surface area contributed by atoms with E-state index in [-0.39, 0.29) is 5.91 Å². The normalized spacial score (nSPS) is 10.8. The Bertz CT molecular complexity index is 914. The lowest BCUT2D eigenvalue weighted by Gasteiger charge is -2.11. The summed E-state index contributed by atoms with van der Waals surface area (Å²) in [6.45, 7) is 0. The summed E-state index contributed by atoms with van der Waals surface area (Å²) in [4.78, 5) is 12.2. The third kappa shape index (κ3) is 4.60. The van der Waals surface area contributed by atoms with E-state index >= 15 is 0 Å². The molecule has 3 rings (SSSR count). The fraction of sp³-hybridized carbons (Fsp3) is 0.143. The van der Waals surface area contributed by atoms with Gasteiger partial charge in [-0.05, 0) is 29.8 Å². The summed E-state index contributed by atoms with van der Waals surface area (Å²) in [6.07, 6.45) is 7.51. The van der Waals surface area contributed by atoms with Gasteiger partial charge in [-0.25, -0.2) is 0 Å². The first-order chi connectivity index (χ1) is 12.6. The van der Waals surface area contributed by atoms with Crippen molar-refractivity contribution in [3.63, 3.8) is 0 Å². The fourth-order valence-corrected chi connectivity index (χ4v) is 2.69. The van der Waals surface area contributed by atoms with Gasteiger partial charge < -0.3 is 10.1 Å². The van der Waals surface area contributed by atoms with E-state index in [0.717, 1.165) is 29.0 Å². The lowest BCUT2D eigenvalue weighted by molar-refractivity contribution is -0.111. The number of benzene rings is 2. The number of anilines is 1. The summed E-state index contributed by atoms with van der Waals surface area (Å²) in [5.41, 5.74) is 3.82. The second-order valence-electron chi connectivity index (χ2n) is 5.96. The Morgan fingerprint density at radius 1 is 1.23 bits per heavy atom. The third-order valence-corrected chi connectivity index (χ3v) is 3.94. The van der Waals surface area contributed by atoms with Crippen LogP contribution in [0.15, 0.2) is 67.0 Å². The Kier molecular flexibility index (Phi) is 5.49. The maximum Gasteiger partial charge on any atom is 0.248 e. The number of nitrogens with one attached hydrogen (secondary N) is 1. The van der Waals surface area contributed by atoms with Crippen LogP contribution in [0.25, 0.3) is 6.08 Å². The van der Waals surface area contributed by atoms with Gasteiger partial charge in [-0.15, -0.1) is 0 Å². The highest BCUT2D eigenvalue weighted by molar-refractivity contribution is 6.02. The lowest BCUT2D eigenvalue weighted by atomic mass is 10.0. The minimum Gasteiger partial charge on any atom is -0.496 e. The van der Waals surface area contributed by atoms with Crippen LogP contribution in [0, 0.1) is 0 Å². The number of aryl methyl sites for hydroxylation is 1. The van der Waals surface area contributed by atoms with Crippen LogP contribution >= 0.6 is 0 Å². The minimum absolute atomic E-state index is 0.190. The highest BCUT2D eigenvalue weighted by atomic mass is 16.5. The first-order valence-electron chi connectivity index (χ1n) is 8.32. The highest BCUT2D eigenvalue weighted by Crippen LogP contribution is 2.25. The van der Waals surface area contributed by atoms with Gasteiger partial charge in [-0.2, -0.15) is 5.10 Å². The van der Waals surface area contributed by atoms with Crippen molar-refractivity contribution >= 4 is 17.7 Å². The summed E-state index contributed by atoms with van der Waals surface area (Å²) in [6, 6.07) is 15.8. The van der Waals surface area contributed by atoms with Gasteiger partial charge >= 0.3 is 0 Å². The molecule has 3 aromatic rings. The molecule has 0 radical (unpaired) electrons. The molecule has 0 fully saturated rings. The molecule has 0 unspecified atom stereocenters. The van der Waals surface area contributed by atoms with E-state index in [1.165, 1.54) is 11.6 Å². The van der Waals surface area contributed by atoms with E-state index in [1.807, 2.05) is 49.6 Å². The minimum atomic E-state index is -0.190. The number of amides is 1. The van der Waals surface area contributed by atoms with Crippen molar-refractivity contribution in [2.24, 2.45) is 7.05 Å². The number of carbonyl (C=O) groups excluding carboxylic acids is 1. The molecule has 5 heteroatoms. The molecule has 26 heavy (non-hydrogen) atoms. The number of hydrogen-bond acceptors (Lipinski definition) is 3. The summed E-state index contributed by atoms with van der Waals surface area (Å²) < 4.78 is 7.14. The summed E-state index contributed by atoms with van der Waals surface area (Å²) in [5, 5.41) is 6.96. The Morgan fingerprint density at radius 3 is 2.73 bits per heavy atom. The van der Waals surface area contributed by atoms with Gasteiger partial charge in [0.15, 0.2) is 0 Å². The Labute approximate surface area is 152 Å². The average Bonchev–Trinajstić information content (AvgIpc) is 3.06. The van der Waals surface area contributed by atoms with E-state index in [2.05, 4.69) is 22.5 Å². The molecule has 0 saturated carbocycles. The molecule has 1 aromatic heterocycles. The van der Waals surface area contributed by atoms with Crippen molar-refractivity contribution < 1.29 is 9.53 Å². The molecule has 0 aliphatic rings. The Hall–Kier alpha value is -3.34. The van der Waals surface area contributed by atoms with Crippen molar-refractivity contribution in [1.82, 2.24) is 9.78 Å². The molecule has 0 saturated heterocycles. The van der Waals surface area contributed by atoms with Gasteiger partial charge in [-0.1, -0.05) is 30.3 Å². The highest BCUT2D eigenvalue weighted by Gasteiger charge is 2.07. The van der Waals surface area contributed by atoms with Crippen molar-refractivity contribution in [1.29, 1.82) is 0 Å². The number of hydrogen-bond donors (Lipinski definition) is 1. The molecule has 1 amide bonds. The largest absolute Gasteiger partial charge is 0.496 e. The number of ether oxygens (including phenoxy) is 1. The number of rotatable bonds is 6. The number of nitrogens with zero attached hydrogens (tertiary/aromatic N) is 2. The molecular formula is C21H21N3O2. The molecule has 0 aliphatic carbocycles. The van der Waals surface area contributed by atoms with Crippen molar-refractivity contribution in [2.75, 3.05) is 12.4 Å². The van der Waals surface area contributed by atoms with Crippen LogP contribution in [0.1, 0.15) is 16.7 Å². The Balaban J connectivity index is 1.72. The van der Waals surface area contributed by atoms with Crippen LogP contribution in [0.5, 0.6) is 5.75 Å². The standard InChI is InChI=1S/C21H21N3O2/c1-24-15-17(14-22-24)8-11-21(25)23-19-9-10-20(26-2)18(13-19)12-16-6-4-3-5-7-16/h3-11,13-15H,12H2,1-2H3,(H,23,25)/b11-8+. The second-order valence-corrected chi connectivity index (χ2v) is 5.96. The molecule has 5 nitrogen and oxygen atoms in total. The van der Waals surface area contributed by atoms with Gasteiger partial charge in [0.05, 0.1) is 13.3 Å². The molecule has 0 spiro atoms. The average molecular weight is 347 g/mol. The molecule has 1 heterocycles. The lowest BCUT2D eigenvalue weighted by Crippen LogP contribution is -2.08. The molecule has 132 valence electrons. The molecule has 0 atom stereocenters. The van der Waals surface area contributed by atoms with Gasteiger partial charge in [0.25, 0.3) is 0 Å². The maximum atomic E-state index is 12.2. The fourth-order valence-electron chi connectivity index (χ4n) is 2.69. The SMILES string of the molecule is COc1ccc(NC(=O)/C=C/c2cnn(C)c2)cc1Cc1ccccc1. The summed E-state index contributed by atoms with van der Waals surface area (Å²) in [7, 11) is 3.49. The van der Waals surface area contributed by atoms with E-state index in [1.54, 1.807) is 24.1 Å². The van der Waals surface area contributed by atoms with E-state index in [4.69, 9.17) is 4.74 Å². The maximum absolute atomic E-state index is 12.2. The molecular weight excluding hydrogens is 326 g/mol. The molecule has 0 aliphatic heterocycles. The number of carbonyl (C=O) groups is 1. The third-order valence-electron chi connectivity index (χ3n) is 3.94. The molecule has 1 N–H and O–H groups in total. The first-order valence-corrected chi connectivity index (χ1v) is 8.32. The number of aromatic nitrogens is 2. The predicted molar refractivity (Wildman–Crippen MR) is 103 cm³/mol. The van der Waals surface area contributed by atoms with Gasteiger partial charge in [-0.3, -0.25) is 9.48 Å². The first kappa shape index (κ1) is 17.5.